The van der Waals surface area contributed by atoms with E-state index in [0.29, 0.717) is 11.8 Å². The summed E-state index contributed by atoms with van der Waals surface area (Å²) < 4.78 is 5.02. The summed E-state index contributed by atoms with van der Waals surface area (Å²) in [5, 5.41) is 9.73. The molecule has 1 aliphatic rings. The van der Waals surface area contributed by atoms with Gasteiger partial charge in [0.25, 0.3) is 0 Å². The third kappa shape index (κ3) is 2.54. The van der Waals surface area contributed by atoms with Gasteiger partial charge in [-0.05, 0) is 25.0 Å². The first-order valence-electron chi connectivity index (χ1n) is 5.70. The molecular weight excluding hydrogens is 202 g/mol. The number of hydrogen-bond donors (Lipinski definition) is 1. The fraction of sp³-hybridized carbons (Fsp3) is 0.462. The highest BCUT2D eigenvalue weighted by Gasteiger charge is 2.12. The number of benzene rings is 1. The number of aliphatic imine (C=N–C) groups is 1. The molecule has 0 aliphatic heterocycles. The summed E-state index contributed by atoms with van der Waals surface area (Å²) in [6.07, 6.45) is 6.67. The lowest BCUT2D eigenvalue weighted by Crippen LogP contribution is -1.96. The lowest BCUT2D eigenvalue weighted by Gasteiger charge is -2.04. The monoisotopic (exact) mass is 219 g/mol. The van der Waals surface area contributed by atoms with Gasteiger partial charge < -0.3 is 9.84 Å². The molecule has 2 rings (SSSR count). The van der Waals surface area contributed by atoms with Crippen molar-refractivity contribution in [2.24, 2.45) is 4.99 Å². The van der Waals surface area contributed by atoms with Gasteiger partial charge in [0.05, 0.1) is 7.11 Å². The molecule has 3 heteroatoms. The number of aromatic hydroxyl groups is 1. The average molecular weight is 219 g/mol. The van der Waals surface area contributed by atoms with Crippen LogP contribution in [0.4, 0.5) is 0 Å². The number of phenolic OH excluding ortho intramolecular Hbond substituents is 1. The van der Waals surface area contributed by atoms with Crippen LogP contribution in [0.2, 0.25) is 0 Å². The van der Waals surface area contributed by atoms with Gasteiger partial charge in [-0.25, -0.2) is 0 Å². The minimum atomic E-state index is 0.223. The molecule has 0 radical (unpaired) electrons. The van der Waals surface area contributed by atoms with Crippen molar-refractivity contribution in [1.82, 2.24) is 0 Å². The van der Waals surface area contributed by atoms with E-state index in [4.69, 9.17) is 4.74 Å². The predicted octanol–water partition coefficient (Wildman–Crippen LogP) is 2.76. The van der Waals surface area contributed by atoms with Crippen LogP contribution in [0.1, 0.15) is 31.2 Å². The molecule has 0 unspecified atom stereocenters. The van der Waals surface area contributed by atoms with Crippen LogP contribution in [-0.4, -0.2) is 24.5 Å². The van der Waals surface area contributed by atoms with Crippen molar-refractivity contribution >= 4 is 6.21 Å². The van der Waals surface area contributed by atoms with Gasteiger partial charge in [-0.15, -0.1) is 0 Å². The van der Waals surface area contributed by atoms with Gasteiger partial charge in [0.2, 0.25) is 0 Å². The zero-order chi connectivity index (χ0) is 11.4. The molecule has 0 bridgehead atoms. The first-order valence-corrected chi connectivity index (χ1v) is 5.70. The van der Waals surface area contributed by atoms with Crippen LogP contribution in [0.15, 0.2) is 23.2 Å². The Morgan fingerprint density at radius 2 is 2.12 bits per heavy atom. The van der Waals surface area contributed by atoms with E-state index in [1.54, 1.807) is 19.4 Å². The highest BCUT2D eigenvalue weighted by molar-refractivity contribution is 5.83. The molecule has 1 N–H and O–H groups in total. The van der Waals surface area contributed by atoms with Crippen LogP contribution in [-0.2, 0) is 0 Å². The molecule has 0 amide bonds. The van der Waals surface area contributed by atoms with E-state index < -0.39 is 0 Å². The molecule has 0 spiro atoms. The minimum absolute atomic E-state index is 0.223. The van der Waals surface area contributed by atoms with Crippen LogP contribution >= 0.6 is 0 Å². The van der Waals surface area contributed by atoms with Crippen LogP contribution < -0.4 is 4.74 Å². The Balaban J connectivity index is 2.08. The van der Waals surface area contributed by atoms with Crippen molar-refractivity contribution in [3.8, 4) is 11.5 Å². The number of nitrogens with zero attached hydrogens (tertiary/aromatic N) is 1. The molecule has 1 fully saturated rings. The number of phenols is 1. The van der Waals surface area contributed by atoms with Gasteiger partial charge in [0, 0.05) is 23.9 Å². The van der Waals surface area contributed by atoms with Crippen molar-refractivity contribution in [2.75, 3.05) is 7.11 Å². The Morgan fingerprint density at radius 3 is 2.75 bits per heavy atom. The summed E-state index contributed by atoms with van der Waals surface area (Å²) in [5.41, 5.74) is 0.757. The summed E-state index contributed by atoms with van der Waals surface area (Å²) in [5.74, 6) is 0.886. The first-order chi connectivity index (χ1) is 7.79. The van der Waals surface area contributed by atoms with Gasteiger partial charge in [0.15, 0.2) is 0 Å². The molecule has 3 nitrogen and oxygen atoms in total. The van der Waals surface area contributed by atoms with Gasteiger partial charge in [-0.2, -0.15) is 0 Å². The molecular formula is C13H17NO2. The Morgan fingerprint density at radius 1 is 1.38 bits per heavy atom. The number of methoxy groups -OCH3 is 1. The van der Waals surface area contributed by atoms with Gasteiger partial charge in [-0.3, -0.25) is 4.99 Å². The lowest BCUT2D eigenvalue weighted by atomic mass is 10.2. The molecule has 1 saturated carbocycles. The summed E-state index contributed by atoms with van der Waals surface area (Å²) in [4.78, 5) is 4.48. The second kappa shape index (κ2) is 5.01. The van der Waals surface area contributed by atoms with Crippen molar-refractivity contribution in [2.45, 2.75) is 31.7 Å². The van der Waals surface area contributed by atoms with Crippen LogP contribution in [0, 0.1) is 0 Å². The van der Waals surface area contributed by atoms with Crippen molar-refractivity contribution in [1.29, 1.82) is 0 Å². The zero-order valence-electron chi connectivity index (χ0n) is 9.52. The van der Waals surface area contributed by atoms with Gasteiger partial charge >= 0.3 is 0 Å². The van der Waals surface area contributed by atoms with E-state index >= 15 is 0 Å². The highest BCUT2D eigenvalue weighted by Crippen LogP contribution is 2.24. The lowest BCUT2D eigenvalue weighted by molar-refractivity contribution is 0.407. The maximum absolute atomic E-state index is 9.73. The van der Waals surface area contributed by atoms with Crippen molar-refractivity contribution in [3.05, 3.63) is 23.8 Å². The molecule has 0 aromatic heterocycles. The van der Waals surface area contributed by atoms with Crippen LogP contribution in [0.3, 0.4) is 0 Å². The van der Waals surface area contributed by atoms with E-state index in [0.717, 1.165) is 5.56 Å². The van der Waals surface area contributed by atoms with E-state index in [1.165, 1.54) is 25.7 Å². The second-order valence-electron chi connectivity index (χ2n) is 4.14. The third-order valence-corrected chi connectivity index (χ3v) is 2.99. The van der Waals surface area contributed by atoms with Crippen molar-refractivity contribution in [3.63, 3.8) is 0 Å². The average Bonchev–Trinajstić information content (AvgIpc) is 2.80. The maximum Gasteiger partial charge on any atom is 0.128 e. The van der Waals surface area contributed by atoms with Crippen LogP contribution in [0.5, 0.6) is 11.5 Å². The summed E-state index contributed by atoms with van der Waals surface area (Å²) in [7, 11) is 1.58. The molecule has 86 valence electrons. The highest BCUT2D eigenvalue weighted by atomic mass is 16.5. The molecule has 1 aromatic rings. The number of rotatable bonds is 3. The van der Waals surface area contributed by atoms with Gasteiger partial charge in [-0.1, -0.05) is 12.8 Å². The maximum atomic E-state index is 9.73. The van der Waals surface area contributed by atoms with Gasteiger partial charge in [0.1, 0.15) is 11.5 Å². The topological polar surface area (TPSA) is 41.8 Å². The smallest absolute Gasteiger partial charge is 0.128 e. The molecule has 0 heterocycles. The molecule has 0 saturated heterocycles. The predicted molar refractivity (Wildman–Crippen MR) is 64.5 cm³/mol. The number of hydrogen-bond acceptors (Lipinski definition) is 3. The quantitative estimate of drug-likeness (QED) is 0.794. The Labute approximate surface area is 95.8 Å². The largest absolute Gasteiger partial charge is 0.507 e. The second-order valence-corrected chi connectivity index (χ2v) is 4.14. The first kappa shape index (κ1) is 11.0. The SMILES string of the molecule is COc1ccc(C=NC2CCCC2)c(O)c1. The summed E-state index contributed by atoms with van der Waals surface area (Å²) in [6.45, 7) is 0. The van der Waals surface area contributed by atoms with Crippen molar-refractivity contribution < 1.29 is 9.84 Å². The van der Waals surface area contributed by atoms with E-state index in [2.05, 4.69) is 4.99 Å². The Hall–Kier alpha value is -1.51. The third-order valence-electron chi connectivity index (χ3n) is 2.99. The minimum Gasteiger partial charge on any atom is -0.507 e. The Bertz CT molecular complexity index is 382. The summed E-state index contributed by atoms with van der Waals surface area (Å²) >= 11 is 0. The molecule has 1 aliphatic carbocycles. The molecule has 0 atom stereocenters. The van der Waals surface area contributed by atoms with E-state index in [-0.39, 0.29) is 5.75 Å². The molecule has 1 aromatic carbocycles. The van der Waals surface area contributed by atoms with E-state index in [1.807, 2.05) is 12.1 Å². The standard InChI is InChI=1S/C13H17NO2/c1-16-12-7-6-10(13(15)8-12)9-14-11-4-2-3-5-11/h6-9,11,15H,2-5H2,1H3. The Kier molecular flexibility index (Phi) is 3.44. The fourth-order valence-corrected chi connectivity index (χ4v) is 2.00. The van der Waals surface area contributed by atoms with E-state index in [9.17, 15) is 5.11 Å². The summed E-state index contributed by atoms with van der Waals surface area (Å²) in [6, 6.07) is 5.71. The number of ether oxygens (including phenoxy) is 1. The zero-order valence-corrected chi connectivity index (χ0v) is 9.52. The normalized spacial score (nSPS) is 17.1. The van der Waals surface area contributed by atoms with Crippen LogP contribution in [0.25, 0.3) is 0 Å². The fourth-order valence-electron chi connectivity index (χ4n) is 2.00. The molecule has 16 heavy (non-hydrogen) atoms.